The number of nitrogens with one attached hydrogen (secondary N) is 2. The largest absolute Gasteiger partial charge is 0.389 e. The molecule has 0 unspecified atom stereocenters. The van der Waals surface area contributed by atoms with Gasteiger partial charge in [-0.1, -0.05) is 13.8 Å². The average Bonchev–Trinajstić information content (AvgIpc) is 2.39. The predicted octanol–water partition coefficient (Wildman–Crippen LogP) is 1.06. The summed E-state index contributed by atoms with van der Waals surface area (Å²) in [4.78, 5) is 11.6. The zero-order valence-corrected chi connectivity index (χ0v) is 13.1. The fraction of sp³-hybridized carbons (Fsp3) is 0.933. The van der Waals surface area contributed by atoms with Crippen LogP contribution in [0, 0.1) is 5.41 Å². The summed E-state index contributed by atoms with van der Waals surface area (Å²) in [6.45, 7) is 6.53. The Morgan fingerprint density at radius 1 is 1.25 bits per heavy atom. The molecule has 3 N–H and O–H groups in total. The lowest BCUT2D eigenvalue weighted by Crippen LogP contribution is -2.47. The van der Waals surface area contributed by atoms with E-state index >= 15 is 0 Å². The van der Waals surface area contributed by atoms with Crippen LogP contribution in [0.2, 0.25) is 0 Å². The van der Waals surface area contributed by atoms with E-state index in [1.165, 1.54) is 0 Å². The molecule has 0 radical (unpaired) electrons. The first-order chi connectivity index (χ1) is 9.37. The van der Waals surface area contributed by atoms with Gasteiger partial charge in [-0.05, 0) is 37.5 Å². The normalized spacial score (nSPS) is 20.6. The summed E-state index contributed by atoms with van der Waals surface area (Å²) in [7, 11) is 1.65. The Hall–Kier alpha value is -0.650. The van der Waals surface area contributed by atoms with Crippen LogP contribution < -0.4 is 10.6 Å². The van der Waals surface area contributed by atoms with E-state index in [0.29, 0.717) is 25.1 Å². The van der Waals surface area contributed by atoms with Crippen molar-refractivity contribution in [3.05, 3.63) is 0 Å². The van der Waals surface area contributed by atoms with Crippen LogP contribution in [0.4, 0.5) is 0 Å². The standard InChI is InChI=1S/C15H30N2O3/c1-14(2)5-7-15(19,8-6-14)12-16-11-13(18)17-9-4-10-20-3/h16,19H,4-12H2,1-3H3,(H,17,18). The Balaban J connectivity index is 2.12. The van der Waals surface area contributed by atoms with Gasteiger partial charge in [0.25, 0.3) is 0 Å². The minimum Gasteiger partial charge on any atom is -0.389 e. The number of amides is 1. The quantitative estimate of drug-likeness (QED) is 0.584. The topological polar surface area (TPSA) is 70.6 Å². The molecule has 5 nitrogen and oxygen atoms in total. The number of methoxy groups -OCH3 is 1. The van der Waals surface area contributed by atoms with Crippen LogP contribution in [-0.2, 0) is 9.53 Å². The second-order valence-electron chi connectivity index (χ2n) is 6.69. The van der Waals surface area contributed by atoms with Gasteiger partial charge in [0, 0.05) is 26.8 Å². The molecule has 1 saturated carbocycles. The Labute approximate surface area is 122 Å². The van der Waals surface area contributed by atoms with Crippen molar-refractivity contribution >= 4 is 5.91 Å². The molecule has 0 bridgehead atoms. The molecule has 0 atom stereocenters. The van der Waals surface area contributed by atoms with Crippen LogP contribution in [-0.4, -0.2) is 50.0 Å². The van der Waals surface area contributed by atoms with Crippen LogP contribution in [0.3, 0.4) is 0 Å². The summed E-state index contributed by atoms with van der Waals surface area (Å²) in [5.41, 5.74) is -0.309. The fourth-order valence-corrected chi connectivity index (χ4v) is 2.48. The average molecular weight is 286 g/mol. The van der Waals surface area contributed by atoms with Gasteiger partial charge in [0.05, 0.1) is 12.1 Å². The molecule has 118 valence electrons. The predicted molar refractivity (Wildman–Crippen MR) is 79.6 cm³/mol. The van der Waals surface area contributed by atoms with Crippen LogP contribution in [0.5, 0.6) is 0 Å². The maximum Gasteiger partial charge on any atom is 0.233 e. The minimum atomic E-state index is -0.647. The van der Waals surface area contributed by atoms with Crippen molar-refractivity contribution in [3.63, 3.8) is 0 Å². The number of ether oxygens (including phenoxy) is 1. The summed E-state index contributed by atoms with van der Waals surface area (Å²) in [5, 5.41) is 16.3. The first kappa shape index (κ1) is 17.4. The molecule has 1 aliphatic rings. The number of carbonyl (C=O) groups is 1. The Morgan fingerprint density at radius 2 is 1.90 bits per heavy atom. The summed E-state index contributed by atoms with van der Waals surface area (Å²) in [6.07, 6.45) is 4.51. The van der Waals surface area contributed by atoms with E-state index in [4.69, 9.17) is 4.74 Å². The summed E-state index contributed by atoms with van der Waals surface area (Å²) in [5.74, 6) is -0.0270. The SMILES string of the molecule is COCCCNC(=O)CNCC1(O)CCC(C)(C)CC1. The Morgan fingerprint density at radius 3 is 2.50 bits per heavy atom. The zero-order chi connectivity index (χ0) is 15.1. The van der Waals surface area contributed by atoms with E-state index in [-0.39, 0.29) is 12.5 Å². The zero-order valence-electron chi connectivity index (χ0n) is 13.1. The Kier molecular flexibility index (Phi) is 6.92. The molecule has 1 amide bonds. The third kappa shape index (κ3) is 6.68. The first-order valence-electron chi connectivity index (χ1n) is 7.56. The van der Waals surface area contributed by atoms with E-state index in [0.717, 1.165) is 32.1 Å². The third-order valence-corrected chi connectivity index (χ3v) is 4.12. The van der Waals surface area contributed by atoms with Crippen molar-refractivity contribution in [2.75, 3.05) is 33.4 Å². The molecule has 0 aromatic rings. The second-order valence-corrected chi connectivity index (χ2v) is 6.69. The number of hydrogen-bond donors (Lipinski definition) is 3. The van der Waals surface area contributed by atoms with Crippen LogP contribution in [0.25, 0.3) is 0 Å². The number of carbonyl (C=O) groups excluding carboxylic acids is 1. The molecule has 20 heavy (non-hydrogen) atoms. The van der Waals surface area contributed by atoms with Crippen molar-refractivity contribution < 1.29 is 14.6 Å². The molecule has 1 rings (SSSR count). The first-order valence-corrected chi connectivity index (χ1v) is 7.56. The van der Waals surface area contributed by atoms with Crippen molar-refractivity contribution in [2.24, 2.45) is 5.41 Å². The maximum atomic E-state index is 11.6. The van der Waals surface area contributed by atoms with E-state index in [1.54, 1.807) is 7.11 Å². The van der Waals surface area contributed by atoms with Crippen molar-refractivity contribution in [2.45, 2.75) is 51.6 Å². The Bertz CT molecular complexity index is 295. The van der Waals surface area contributed by atoms with Crippen LogP contribution in [0.15, 0.2) is 0 Å². The van der Waals surface area contributed by atoms with Gasteiger partial charge in [-0.3, -0.25) is 4.79 Å². The van der Waals surface area contributed by atoms with Crippen molar-refractivity contribution in [1.29, 1.82) is 0 Å². The molecular weight excluding hydrogens is 256 g/mol. The summed E-state index contributed by atoms with van der Waals surface area (Å²) in [6, 6.07) is 0. The van der Waals surface area contributed by atoms with E-state index < -0.39 is 5.60 Å². The lowest BCUT2D eigenvalue weighted by atomic mass is 9.71. The highest BCUT2D eigenvalue weighted by molar-refractivity contribution is 5.77. The minimum absolute atomic E-state index is 0.0270. The molecule has 0 saturated heterocycles. The molecular formula is C15H30N2O3. The van der Waals surface area contributed by atoms with Gasteiger partial charge >= 0.3 is 0 Å². The molecule has 5 heteroatoms. The van der Waals surface area contributed by atoms with E-state index in [1.807, 2.05) is 0 Å². The second kappa shape index (κ2) is 7.96. The molecule has 0 aliphatic heterocycles. The number of rotatable bonds is 8. The molecule has 0 aromatic heterocycles. The van der Waals surface area contributed by atoms with Crippen LogP contribution >= 0.6 is 0 Å². The van der Waals surface area contributed by atoms with Crippen molar-refractivity contribution in [3.8, 4) is 0 Å². The maximum absolute atomic E-state index is 11.6. The number of aliphatic hydroxyl groups is 1. The van der Waals surface area contributed by atoms with Gasteiger partial charge in [-0.2, -0.15) is 0 Å². The van der Waals surface area contributed by atoms with Gasteiger partial charge in [-0.25, -0.2) is 0 Å². The molecule has 0 aromatic carbocycles. The van der Waals surface area contributed by atoms with Gasteiger partial charge in [0.1, 0.15) is 0 Å². The highest BCUT2D eigenvalue weighted by Gasteiger charge is 2.36. The van der Waals surface area contributed by atoms with Gasteiger partial charge in [0.2, 0.25) is 5.91 Å². The van der Waals surface area contributed by atoms with E-state index in [2.05, 4.69) is 24.5 Å². The summed E-state index contributed by atoms with van der Waals surface area (Å²) < 4.78 is 4.91. The third-order valence-electron chi connectivity index (χ3n) is 4.12. The highest BCUT2D eigenvalue weighted by atomic mass is 16.5. The van der Waals surface area contributed by atoms with Gasteiger partial charge in [0.15, 0.2) is 0 Å². The van der Waals surface area contributed by atoms with Gasteiger partial charge in [-0.15, -0.1) is 0 Å². The van der Waals surface area contributed by atoms with Gasteiger partial charge < -0.3 is 20.5 Å². The highest BCUT2D eigenvalue weighted by Crippen LogP contribution is 2.39. The lowest BCUT2D eigenvalue weighted by molar-refractivity contribution is -0.120. The molecule has 0 heterocycles. The molecule has 0 spiro atoms. The lowest BCUT2D eigenvalue weighted by Gasteiger charge is -2.40. The van der Waals surface area contributed by atoms with E-state index in [9.17, 15) is 9.90 Å². The summed E-state index contributed by atoms with van der Waals surface area (Å²) >= 11 is 0. The smallest absolute Gasteiger partial charge is 0.233 e. The molecule has 1 fully saturated rings. The van der Waals surface area contributed by atoms with Crippen molar-refractivity contribution in [1.82, 2.24) is 10.6 Å². The fourth-order valence-electron chi connectivity index (χ4n) is 2.48. The number of hydrogen-bond acceptors (Lipinski definition) is 4. The monoisotopic (exact) mass is 286 g/mol. The van der Waals surface area contributed by atoms with Crippen LogP contribution in [0.1, 0.15) is 46.0 Å². The molecule has 1 aliphatic carbocycles.